The molecule has 0 aliphatic heterocycles. The molecule has 1 aromatic carbocycles. The summed E-state index contributed by atoms with van der Waals surface area (Å²) in [5.74, 6) is -0.289. The van der Waals surface area contributed by atoms with Crippen LogP contribution in [0.2, 0.25) is 0 Å². The van der Waals surface area contributed by atoms with E-state index in [4.69, 9.17) is 0 Å². The Morgan fingerprint density at radius 3 is 2.83 bits per heavy atom. The molecule has 96 valence electrons. The molecular weight excluding hydrogens is 231 g/mol. The van der Waals surface area contributed by atoms with Gasteiger partial charge in [-0.15, -0.1) is 5.10 Å². The molecule has 4 nitrogen and oxygen atoms in total. The molecule has 1 aromatic heterocycles. The first kappa shape index (κ1) is 12.7. The van der Waals surface area contributed by atoms with Crippen LogP contribution in [-0.2, 0) is 6.54 Å². The zero-order chi connectivity index (χ0) is 13.1. The quantitative estimate of drug-likeness (QED) is 0.902. The summed E-state index contributed by atoms with van der Waals surface area (Å²) in [6.45, 7) is 6.61. The normalized spacial score (nSPS) is 11.2. The smallest absolute Gasteiger partial charge is 0.149 e. The third-order valence-corrected chi connectivity index (χ3v) is 2.65. The molecule has 0 unspecified atom stereocenters. The topological polar surface area (TPSA) is 42.7 Å². The Morgan fingerprint density at radius 2 is 2.17 bits per heavy atom. The molecule has 1 N–H and O–H groups in total. The Kier molecular flexibility index (Phi) is 3.72. The highest BCUT2D eigenvalue weighted by Gasteiger charge is 2.10. The van der Waals surface area contributed by atoms with Crippen LogP contribution in [0.3, 0.4) is 0 Å². The maximum absolute atomic E-state index is 13.8. The standard InChI is InChI=1S/C13H17FN4/c1-9(2)15-7-11-8-18(17-16-11)13-10(3)5-4-6-12(13)14/h4-6,8-9,15H,7H2,1-3H3. The van der Waals surface area contributed by atoms with Gasteiger partial charge in [-0.3, -0.25) is 0 Å². The van der Waals surface area contributed by atoms with Gasteiger partial charge in [-0.1, -0.05) is 31.2 Å². The second-order valence-electron chi connectivity index (χ2n) is 4.60. The number of rotatable bonds is 4. The molecule has 5 heteroatoms. The predicted octanol–water partition coefficient (Wildman–Crippen LogP) is 2.21. The zero-order valence-electron chi connectivity index (χ0n) is 10.8. The zero-order valence-corrected chi connectivity index (χ0v) is 10.8. The summed E-state index contributed by atoms with van der Waals surface area (Å²) < 4.78 is 15.2. The van der Waals surface area contributed by atoms with E-state index in [0.29, 0.717) is 18.3 Å². The molecule has 1 heterocycles. The lowest BCUT2D eigenvalue weighted by molar-refractivity contribution is 0.580. The number of nitrogens with one attached hydrogen (secondary N) is 1. The van der Waals surface area contributed by atoms with E-state index in [1.54, 1.807) is 12.3 Å². The lowest BCUT2D eigenvalue weighted by atomic mass is 10.2. The lowest BCUT2D eigenvalue weighted by Crippen LogP contribution is -2.21. The minimum atomic E-state index is -0.289. The first-order valence-corrected chi connectivity index (χ1v) is 5.98. The molecule has 2 rings (SSSR count). The van der Waals surface area contributed by atoms with Gasteiger partial charge >= 0.3 is 0 Å². The first-order chi connectivity index (χ1) is 8.58. The predicted molar refractivity (Wildman–Crippen MR) is 68.0 cm³/mol. The van der Waals surface area contributed by atoms with Crippen molar-refractivity contribution in [2.75, 3.05) is 0 Å². The van der Waals surface area contributed by atoms with Crippen LogP contribution in [-0.4, -0.2) is 21.0 Å². The van der Waals surface area contributed by atoms with Gasteiger partial charge in [-0.05, 0) is 18.6 Å². The molecule has 0 saturated heterocycles. The van der Waals surface area contributed by atoms with E-state index in [2.05, 4.69) is 29.5 Å². The lowest BCUT2D eigenvalue weighted by Gasteiger charge is -2.06. The van der Waals surface area contributed by atoms with E-state index < -0.39 is 0 Å². The van der Waals surface area contributed by atoms with Gasteiger partial charge < -0.3 is 5.32 Å². The van der Waals surface area contributed by atoms with Crippen LogP contribution in [0.1, 0.15) is 25.1 Å². The van der Waals surface area contributed by atoms with E-state index in [9.17, 15) is 4.39 Å². The molecule has 0 aliphatic carbocycles. The van der Waals surface area contributed by atoms with E-state index in [1.165, 1.54) is 10.7 Å². The van der Waals surface area contributed by atoms with Crippen LogP contribution in [0.5, 0.6) is 0 Å². The number of hydrogen-bond donors (Lipinski definition) is 1. The van der Waals surface area contributed by atoms with Crippen molar-refractivity contribution in [1.29, 1.82) is 0 Å². The largest absolute Gasteiger partial charge is 0.309 e. The number of halogens is 1. The highest BCUT2D eigenvalue weighted by Crippen LogP contribution is 2.16. The highest BCUT2D eigenvalue weighted by atomic mass is 19.1. The number of hydrogen-bond acceptors (Lipinski definition) is 3. The summed E-state index contributed by atoms with van der Waals surface area (Å²) in [5.41, 5.74) is 2.09. The average molecular weight is 248 g/mol. The molecule has 0 radical (unpaired) electrons. The van der Waals surface area contributed by atoms with Crippen LogP contribution in [0.25, 0.3) is 5.69 Å². The van der Waals surface area contributed by atoms with Crippen molar-refractivity contribution in [2.45, 2.75) is 33.4 Å². The second kappa shape index (κ2) is 5.27. The molecule has 0 aliphatic rings. The van der Waals surface area contributed by atoms with Crippen molar-refractivity contribution in [3.8, 4) is 5.69 Å². The molecule has 0 amide bonds. The Bertz CT molecular complexity index is 513. The molecule has 0 fully saturated rings. The Hall–Kier alpha value is -1.75. The molecule has 18 heavy (non-hydrogen) atoms. The van der Waals surface area contributed by atoms with Gasteiger partial charge in [0.05, 0.1) is 11.9 Å². The van der Waals surface area contributed by atoms with Crippen molar-refractivity contribution in [3.63, 3.8) is 0 Å². The minimum Gasteiger partial charge on any atom is -0.309 e. The van der Waals surface area contributed by atoms with Gasteiger partial charge in [0.1, 0.15) is 11.5 Å². The maximum Gasteiger partial charge on any atom is 0.149 e. The Labute approximate surface area is 106 Å². The maximum atomic E-state index is 13.8. The summed E-state index contributed by atoms with van der Waals surface area (Å²) in [5, 5.41) is 11.2. The molecule has 2 aromatic rings. The fraction of sp³-hybridized carbons (Fsp3) is 0.385. The molecule has 0 bridgehead atoms. The molecule has 0 saturated carbocycles. The summed E-state index contributed by atoms with van der Waals surface area (Å²) in [6.07, 6.45) is 1.75. The van der Waals surface area contributed by atoms with E-state index in [1.807, 2.05) is 13.0 Å². The van der Waals surface area contributed by atoms with Crippen LogP contribution >= 0.6 is 0 Å². The highest BCUT2D eigenvalue weighted by molar-refractivity contribution is 5.40. The number of nitrogens with zero attached hydrogens (tertiary/aromatic N) is 3. The summed E-state index contributed by atoms with van der Waals surface area (Å²) in [4.78, 5) is 0. The number of benzene rings is 1. The fourth-order valence-electron chi connectivity index (χ4n) is 1.71. The fourth-order valence-corrected chi connectivity index (χ4v) is 1.71. The SMILES string of the molecule is Cc1cccc(F)c1-n1cc(CNC(C)C)nn1. The van der Waals surface area contributed by atoms with E-state index in [0.717, 1.165) is 11.3 Å². The monoisotopic (exact) mass is 248 g/mol. The van der Waals surface area contributed by atoms with Crippen LogP contribution in [0.15, 0.2) is 24.4 Å². The third kappa shape index (κ3) is 2.73. The molecule has 0 atom stereocenters. The summed E-state index contributed by atoms with van der Waals surface area (Å²) >= 11 is 0. The third-order valence-electron chi connectivity index (χ3n) is 2.65. The van der Waals surface area contributed by atoms with Crippen molar-refractivity contribution in [3.05, 3.63) is 41.5 Å². The van der Waals surface area contributed by atoms with Crippen molar-refractivity contribution in [2.24, 2.45) is 0 Å². The van der Waals surface area contributed by atoms with Gasteiger partial charge in [-0.2, -0.15) is 0 Å². The van der Waals surface area contributed by atoms with Crippen LogP contribution in [0.4, 0.5) is 4.39 Å². The van der Waals surface area contributed by atoms with Crippen molar-refractivity contribution in [1.82, 2.24) is 20.3 Å². The average Bonchev–Trinajstić information content (AvgIpc) is 2.75. The van der Waals surface area contributed by atoms with Crippen molar-refractivity contribution < 1.29 is 4.39 Å². The van der Waals surface area contributed by atoms with Gasteiger partial charge in [0.2, 0.25) is 0 Å². The van der Waals surface area contributed by atoms with Gasteiger partial charge in [0, 0.05) is 12.6 Å². The van der Waals surface area contributed by atoms with Crippen molar-refractivity contribution >= 4 is 0 Å². The minimum absolute atomic E-state index is 0.289. The van der Waals surface area contributed by atoms with E-state index >= 15 is 0 Å². The second-order valence-corrected chi connectivity index (χ2v) is 4.60. The van der Waals surface area contributed by atoms with Gasteiger partial charge in [0.25, 0.3) is 0 Å². The van der Waals surface area contributed by atoms with E-state index in [-0.39, 0.29) is 5.82 Å². The molecular formula is C13H17FN4. The van der Waals surface area contributed by atoms with Crippen LogP contribution in [0, 0.1) is 12.7 Å². The summed E-state index contributed by atoms with van der Waals surface area (Å²) in [6, 6.07) is 5.35. The first-order valence-electron chi connectivity index (χ1n) is 5.98. The number of aryl methyl sites for hydroxylation is 1. The number of para-hydroxylation sites is 1. The van der Waals surface area contributed by atoms with Gasteiger partial charge in [-0.25, -0.2) is 9.07 Å². The number of aromatic nitrogens is 3. The summed E-state index contributed by atoms with van der Waals surface area (Å²) in [7, 11) is 0. The van der Waals surface area contributed by atoms with Gasteiger partial charge in [0.15, 0.2) is 0 Å². The Balaban J connectivity index is 2.24. The van der Waals surface area contributed by atoms with Crippen LogP contribution < -0.4 is 5.32 Å². The Morgan fingerprint density at radius 1 is 1.39 bits per heavy atom. The molecule has 0 spiro atoms.